The van der Waals surface area contributed by atoms with Crippen LogP contribution in [-0.2, 0) is 0 Å². The molecule has 3 nitrogen and oxygen atoms in total. The summed E-state index contributed by atoms with van der Waals surface area (Å²) in [4.78, 5) is 8.18. The van der Waals surface area contributed by atoms with Gasteiger partial charge in [0.25, 0.3) is 0 Å². The van der Waals surface area contributed by atoms with E-state index in [4.69, 9.17) is 4.74 Å². The zero-order valence-electron chi connectivity index (χ0n) is 12.7. The number of halogens is 1. The Bertz CT molecular complexity index is 571. The van der Waals surface area contributed by atoms with Crippen LogP contribution in [0.3, 0.4) is 0 Å². The van der Waals surface area contributed by atoms with E-state index < -0.39 is 5.95 Å². The Kier molecular flexibility index (Phi) is 5.26. The second-order valence-corrected chi connectivity index (χ2v) is 5.40. The molecule has 0 amide bonds. The number of nitrogens with zero attached hydrogens (tertiary/aromatic N) is 2. The van der Waals surface area contributed by atoms with Crippen LogP contribution in [0.25, 0.3) is 0 Å². The highest BCUT2D eigenvalue weighted by molar-refractivity contribution is 5.19. The molecule has 0 bridgehead atoms. The highest BCUT2D eigenvalue weighted by Gasteiger charge is 2.12. The monoisotopic (exact) mass is 288 g/mol. The maximum absolute atomic E-state index is 12.8. The maximum Gasteiger partial charge on any atom is 0.213 e. The molecule has 2 rings (SSSR count). The average molecular weight is 288 g/mol. The zero-order chi connectivity index (χ0) is 15.2. The van der Waals surface area contributed by atoms with E-state index >= 15 is 0 Å². The molecule has 4 heteroatoms. The highest BCUT2D eigenvalue weighted by atomic mass is 19.1. The van der Waals surface area contributed by atoms with Crippen molar-refractivity contribution in [3.05, 3.63) is 53.7 Å². The van der Waals surface area contributed by atoms with Gasteiger partial charge in [-0.15, -0.1) is 0 Å². The standard InChI is InChI=1S/C17H21FN2O/c1-12(14-9-10-16(18)19-11-14)7-8-13(2)15-5-4-6-17(20-15)21-3/h4-6,9-13H,7-8H2,1-3H3. The predicted molar refractivity (Wildman–Crippen MR) is 81.0 cm³/mol. The molecule has 0 fully saturated rings. The largest absolute Gasteiger partial charge is 0.481 e. The van der Waals surface area contributed by atoms with Crippen LogP contribution in [-0.4, -0.2) is 17.1 Å². The van der Waals surface area contributed by atoms with Gasteiger partial charge in [0.2, 0.25) is 11.8 Å². The lowest BCUT2D eigenvalue weighted by Crippen LogP contribution is -2.02. The fourth-order valence-electron chi connectivity index (χ4n) is 2.31. The Labute approximate surface area is 125 Å². The number of rotatable bonds is 6. The molecule has 2 atom stereocenters. The second kappa shape index (κ2) is 7.16. The Morgan fingerprint density at radius 3 is 2.52 bits per heavy atom. The zero-order valence-corrected chi connectivity index (χ0v) is 12.7. The Balaban J connectivity index is 1.93. The smallest absolute Gasteiger partial charge is 0.213 e. The molecule has 2 aromatic heterocycles. The predicted octanol–water partition coefficient (Wildman–Crippen LogP) is 4.31. The fraction of sp³-hybridized carbons (Fsp3) is 0.412. The van der Waals surface area contributed by atoms with Gasteiger partial charge in [-0.2, -0.15) is 4.39 Å². The Morgan fingerprint density at radius 1 is 1.10 bits per heavy atom. The number of methoxy groups -OCH3 is 1. The molecule has 0 N–H and O–H groups in total. The van der Waals surface area contributed by atoms with Crippen molar-refractivity contribution in [1.82, 2.24) is 9.97 Å². The quantitative estimate of drug-likeness (QED) is 0.743. The van der Waals surface area contributed by atoms with E-state index in [2.05, 4.69) is 23.8 Å². The first kappa shape index (κ1) is 15.4. The van der Waals surface area contributed by atoms with E-state index in [-0.39, 0.29) is 0 Å². The van der Waals surface area contributed by atoms with E-state index in [1.165, 1.54) is 6.07 Å². The molecule has 0 spiro atoms. The van der Waals surface area contributed by atoms with Crippen LogP contribution in [0.5, 0.6) is 5.88 Å². The Hall–Kier alpha value is -1.97. The minimum atomic E-state index is -0.431. The summed E-state index contributed by atoms with van der Waals surface area (Å²) < 4.78 is 18.0. The van der Waals surface area contributed by atoms with Crippen molar-refractivity contribution in [1.29, 1.82) is 0 Å². The van der Waals surface area contributed by atoms with Crippen LogP contribution in [0.15, 0.2) is 36.5 Å². The van der Waals surface area contributed by atoms with Crippen LogP contribution in [0.1, 0.15) is 49.8 Å². The number of ether oxygens (including phenoxy) is 1. The molecular weight excluding hydrogens is 267 g/mol. The molecule has 2 heterocycles. The summed E-state index contributed by atoms with van der Waals surface area (Å²) in [6, 6.07) is 9.06. The minimum Gasteiger partial charge on any atom is -0.481 e. The van der Waals surface area contributed by atoms with Gasteiger partial charge in [0.05, 0.1) is 7.11 Å². The lowest BCUT2D eigenvalue weighted by atomic mass is 9.92. The molecule has 2 unspecified atom stereocenters. The average Bonchev–Trinajstić information content (AvgIpc) is 2.53. The van der Waals surface area contributed by atoms with Crippen LogP contribution in [0, 0.1) is 5.95 Å². The van der Waals surface area contributed by atoms with E-state index in [1.807, 2.05) is 24.3 Å². The van der Waals surface area contributed by atoms with Crippen LogP contribution in [0.2, 0.25) is 0 Å². The summed E-state index contributed by atoms with van der Waals surface area (Å²) in [5.74, 6) is 0.928. The number of hydrogen-bond donors (Lipinski definition) is 0. The van der Waals surface area contributed by atoms with Gasteiger partial charge in [0, 0.05) is 18.0 Å². The summed E-state index contributed by atoms with van der Waals surface area (Å²) in [7, 11) is 1.63. The summed E-state index contributed by atoms with van der Waals surface area (Å²) in [6.45, 7) is 4.30. The van der Waals surface area contributed by atoms with Crippen LogP contribution < -0.4 is 4.74 Å². The van der Waals surface area contributed by atoms with E-state index in [0.717, 1.165) is 24.1 Å². The van der Waals surface area contributed by atoms with Gasteiger partial charge in [-0.05, 0) is 42.4 Å². The van der Waals surface area contributed by atoms with Crippen molar-refractivity contribution in [2.24, 2.45) is 0 Å². The molecule has 0 aliphatic rings. The number of aromatic nitrogens is 2. The maximum atomic E-state index is 12.8. The van der Waals surface area contributed by atoms with Gasteiger partial charge < -0.3 is 4.74 Å². The summed E-state index contributed by atoms with van der Waals surface area (Å²) >= 11 is 0. The van der Waals surface area contributed by atoms with Gasteiger partial charge in [0.15, 0.2) is 0 Å². The van der Waals surface area contributed by atoms with Gasteiger partial charge in [-0.1, -0.05) is 26.0 Å². The van der Waals surface area contributed by atoms with Gasteiger partial charge >= 0.3 is 0 Å². The molecule has 112 valence electrons. The summed E-state index contributed by atoms with van der Waals surface area (Å²) in [5.41, 5.74) is 2.11. The molecular formula is C17H21FN2O. The van der Waals surface area contributed by atoms with Crippen molar-refractivity contribution >= 4 is 0 Å². The van der Waals surface area contributed by atoms with Crippen molar-refractivity contribution in [3.8, 4) is 5.88 Å². The van der Waals surface area contributed by atoms with Gasteiger partial charge in [-0.25, -0.2) is 9.97 Å². The third kappa shape index (κ3) is 4.25. The van der Waals surface area contributed by atoms with Crippen molar-refractivity contribution in [2.45, 2.75) is 38.5 Å². The normalized spacial score (nSPS) is 13.7. The minimum absolute atomic E-state index is 0.353. The van der Waals surface area contributed by atoms with E-state index in [1.54, 1.807) is 13.3 Å². The highest BCUT2D eigenvalue weighted by Crippen LogP contribution is 2.27. The molecule has 0 aliphatic carbocycles. The summed E-state index contributed by atoms with van der Waals surface area (Å²) in [6.07, 6.45) is 3.64. The fourth-order valence-corrected chi connectivity index (χ4v) is 2.31. The topological polar surface area (TPSA) is 35.0 Å². The molecule has 0 saturated carbocycles. The Morgan fingerprint density at radius 2 is 1.86 bits per heavy atom. The van der Waals surface area contributed by atoms with Gasteiger partial charge in [0.1, 0.15) is 0 Å². The molecule has 0 radical (unpaired) electrons. The van der Waals surface area contributed by atoms with E-state index in [9.17, 15) is 4.39 Å². The molecule has 0 aromatic carbocycles. The first-order chi connectivity index (χ1) is 10.1. The van der Waals surface area contributed by atoms with Crippen molar-refractivity contribution in [3.63, 3.8) is 0 Å². The first-order valence-electron chi connectivity index (χ1n) is 7.22. The number of pyridine rings is 2. The second-order valence-electron chi connectivity index (χ2n) is 5.40. The SMILES string of the molecule is COc1cccc(C(C)CCC(C)c2ccc(F)nc2)n1. The first-order valence-corrected chi connectivity index (χ1v) is 7.22. The lowest BCUT2D eigenvalue weighted by Gasteiger charge is -2.16. The molecule has 0 aliphatic heterocycles. The van der Waals surface area contributed by atoms with Gasteiger partial charge in [-0.3, -0.25) is 0 Å². The van der Waals surface area contributed by atoms with E-state index in [0.29, 0.717) is 17.7 Å². The number of hydrogen-bond acceptors (Lipinski definition) is 3. The molecule has 0 saturated heterocycles. The van der Waals surface area contributed by atoms with Crippen LogP contribution >= 0.6 is 0 Å². The van der Waals surface area contributed by atoms with Crippen molar-refractivity contribution in [2.75, 3.05) is 7.11 Å². The van der Waals surface area contributed by atoms with Crippen LogP contribution in [0.4, 0.5) is 4.39 Å². The third-order valence-corrected chi connectivity index (χ3v) is 3.81. The lowest BCUT2D eigenvalue weighted by molar-refractivity contribution is 0.394. The molecule has 2 aromatic rings. The molecule has 21 heavy (non-hydrogen) atoms. The summed E-state index contributed by atoms with van der Waals surface area (Å²) in [5, 5.41) is 0. The van der Waals surface area contributed by atoms with Crippen molar-refractivity contribution < 1.29 is 9.13 Å². The third-order valence-electron chi connectivity index (χ3n) is 3.81.